The molecule has 0 fully saturated rings. The Hall–Kier alpha value is -3.27. The maximum absolute atomic E-state index is 13.3. The van der Waals surface area contributed by atoms with E-state index in [-0.39, 0.29) is 27.6 Å². The number of ether oxygens (including phenoxy) is 5. The van der Waals surface area contributed by atoms with Gasteiger partial charge in [0.25, 0.3) is 5.91 Å². The van der Waals surface area contributed by atoms with Crippen LogP contribution in [0.2, 0.25) is 0 Å². The molecule has 36 heavy (non-hydrogen) atoms. The Morgan fingerprint density at radius 1 is 0.861 bits per heavy atom. The molecule has 198 valence electrons. The fourth-order valence-electron chi connectivity index (χ4n) is 3.26. The molecule has 10 heteroatoms. The Morgan fingerprint density at radius 3 is 1.89 bits per heavy atom. The zero-order valence-electron chi connectivity index (χ0n) is 22.2. The Kier molecular flexibility index (Phi) is 10.2. The summed E-state index contributed by atoms with van der Waals surface area (Å²) in [7, 11) is 0. The third kappa shape index (κ3) is 7.13. The van der Waals surface area contributed by atoms with E-state index in [2.05, 4.69) is 5.32 Å². The number of esters is 2. The Balaban J connectivity index is 2.54. The molecule has 0 aliphatic carbocycles. The lowest BCUT2D eigenvalue weighted by Crippen LogP contribution is -2.23. The van der Waals surface area contributed by atoms with Crippen molar-refractivity contribution in [1.29, 1.82) is 0 Å². The fourth-order valence-corrected chi connectivity index (χ4v) is 4.33. The van der Waals surface area contributed by atoms with Gasteiger partial charge in [-0.05, 0) is 73.1 Å². The monoisotopic (exact) mass is 521 g/mol. The quantitative estimate of drug-likeness (QED) is 0.379. The highest BCUT2D eigenvalue weighted by Crippen LogP contribution is 2.40. The van der Waals surface area contributed by atoms with E-state index < -0.39 is 23.4 Å². The predicted molar refractivity (Wildman–Crippen MR) is 138 cm³/mol. The number of nitrogens with one attached hydrogen (secondary N) is 1. The van der Waals surface area contributed by atoms with Gasteiger partial charge < -0.3 is 29.0 Å². The lowest BCUT2D eigenvalue weighted by molar-refractivity contribution is 0.00743. The summed E-state index contributed by atoms with van der Waals surface area (Å²) in [4.78, 5) is 39.1. The van der Waals surface area contributed by atoms with Crippen LogP contribution in [0, 0.1) is 6.92 Å². The van der Waals surface area contributed by atoms with Gasteiger partial charge in [0.15, 0.2) is 11.5 Å². The third-order valence-corrected chi connectivity index (χ3v) is 5.80. The molecule has 1 aromatic carbocycles. The zero-order valence-corrected chi connectivity index (χ0v) is 23.0. The minimum Gasteiger partial charge on any atom is -0.490 e. The maximum Gasteiger partial charge on any atom is 0.349 e. The van der Waals surface area contributed by atoms with Gasteiger partial charge in [-0.25, -0.2) is 9.59 Å². The second-order valence-corrected chi connectivity index (χ2v) is 9.56. The molecule has 0 spiro atoms. The van der Waals surface area contributed by atoms with Crippen molar-refractivity contribution in [3.8, 4) is 17.2 Å². The maximum atomic E-state index is 13.3. The standard InChI is InChI=1S/C26H35NO8S/c1-9-31-17-13-16(14-18(32-10-2)20(17)33-11-3)22(28)27-23-19(24(29)34-12-4)15(5)21(36-23)25(30)35-26(6,7)8/h13-14H,9-12H2,1-8H3,(H,27,28). The highest BCUT2D eigenvalue weighted by atomic mass is 32.1. The van der Waals surface area contributed by atoms with Gasteiger partial charge in [-0.3, -0.25) is 4.79 Å². The highest BCUT2D eigenvalue weighted by molar-refractivity contribution is 7.18. The zero-order chi connectivity index (χ0) is 27.0. The predicted octanol–water partition coefficient (Wildman–Crippen LogP) is 5.64. The van der Waals surface area contributed by atoms with Crippen LogP contribution in [0.15, 0.2) is 12.1 Å². The topological polar surface area (TPSA) is 109 Å². The van der Waals surface area contributed by atoms with Crippen molar-refractivity contribution in [3.63, 3.8) is 0 Å². The summed E-state index contributed by atoms with van der Waals surface area (Å²) in [6.07, 6.45) is 0. The number of hydrogen-bond donors (Lipinski definition) is 1. The minimum absolute atomic E-state index is 0.108. The molecule has 1 heterocycles. The Labute approximate surface area is 216 Å². The first-order valence-corrected chi connectivity index (χ1v) is 12.7. The molecule has 0 bridgehead atoms. The molecule has 0 atom stereocenters. The second kappa shape index (κ2) is 12.6. The van der Waals surface area contributed by atoms with Crippen molar-refractivity contribution in [1.82, 2.24) is 0 Å². The number of carbonyl (C=O) groups is 3. The average Bonchev–Trinajstić information content (AvgIpc) is 3.11. The van der Waals surface area contributed by atoms with Gasteiger partial charge in [-0.1, -0.05) is 0 Å². The summed E-state index contributed by atoms with van der Waals surface area (Å²) in [5.41, 5.74) is -0.0175. The molecular weight excluding hydrogens is 486 g/mol. The van der Waals surface area contributed by atoms with Crippen molar-refractivity contribution < 1.29 is 38.1 Å². The summed E-state index contributed by atoms with van der Waals surface area (Å²) in [6, 6.07) is 3.09. The molecule has 0 radical (unpaired) electrons. The SMILES string of the molecule is CCOC(=O)c1c(NC(=O)c2cc(OCC)c(OCC)c(OCC)c2)sc(C(=O)OC(C)(C)C)c1C. The first kappa shape index (κ1) is 29.0. The van der Waals surface area contributed by atoms with Crippen LogP contribution in [0.25, 0.3) is 0 Å². The van der Waals surface area contributed by atoms with Gasteiger partial charge in [0, 0.05) is 5.56 Å². The molecule has 9 nitrogen and oxygen atoms in total. The molecule has 2 aromatic rings. The molecular formula is C26H35NO8S. The molecule has 0 saturated carbocycles. The highest BCUT2D eigenvalue weighted by Gasteiger charge is 2.30. The van der Waals surface area contributed by atoms with Crippen molar-refractivity contribution in [3.05, 3.63) is 33.7 Å². The number of anilines is 1. The molecule has 2 rings (SSSR count). The second-order valence-electron chi connectivity index (χ2n) is 8.54. The number of hydrogen-bond acceptors (Lipinski definition) is 9. The van der Waals surface area contributed by atoms with E-state index in [4.69, 9.17) is 23.7 Å². The van der Waals surface area contributed by atoms with Crippen molar-refractivity contribution >= 4 is 34.2 Å². The smallest absolute Gasteiger partial charge is 0.349 e. The van der Waals surface area contributed by atoms with E-state index in [1.54, 1.807) is 46.8 Å². The molecule has 0 aliphatic rings. The molecule has 0 aliphatic heterocycles. The summed E-state index contributed by atoms with van der Waals surface area (Å²) in [6.45, 7) is 15.3. The lowest BCUT2D eigenvalue weighted by atomic mass is 10.1. The number of thiophene rings is 1. The van der Waals surface area contributed by atoms with Crippen LogP contribution in [0.5, 0.6) is 17.2 Å². The van der Waals surface area contributed by atoms with Gasteiger partial charge >= 0.3 is 11.9 Å². The van der Waals surface area contributed by atoms with Crippen molar-refractivity contribution in [2.75, 3.05) is 31.7 Å². The minimum atomic E-state index is -0.728. The van der Waals surface area contributed by atoms with Crippen LogP contribution in [-0.4, -0.2) is 49.9 Å². The number of amides is 1. The van der Waals surface area contributed by atoms with E-state index in [0.717, 1.165) is 11.3 Å². The first-order chi connectivity index (χ1) is 17.0. The Bertz CT molecular complexity index is 1070. The largest absolute Gasteiger partial charge is 0.490 e. The summed E-state index contributed by atoms with van der Waals surface area (Å²) < 4.78 is 27.8. The van der Waals surface area contributed by atoms with Crippen LogP contribution in [0.3, 0.4) is 0 Å². The summed E-state index contributed by atoms with van der Waals surface area (Å²) >= 11 is 0.958. The van der Waals surface area contributed by atoms with Gasteiger partial charge in [-0.15, -0.1) is 11.3 Å². The van der Waals surface area contributed by atoms with E-state index >= 15 is 0 Å². The summed E-state index contributed by atoms with van der Waals surface area (Å²) in [5.74, 6) is -0.634. The number of rotatable bonds is 11. The van der Waals surface area contributed by atoms with E-state index in [0.29, 0.717) is 42.6 Å². The van der Waals surface area contributed by atoms with Crippen LogP contribution in [0.4, 0.5) is 5.00 Å². The molecule has 1 aromatic heterocycles. The van der Waals surface area contributed by atoms with Gasteiger partial charge in [0.2, 0.25) is 5.75 Å². The van der Waals surface area contributed by atoms with E-state index in [9.17, 15) is 14.4 Å². The van der Waals surface area contributed by atoms with Gasteiger partial charge in [-0.2, -0.15) is 0 Å². The van der Waals surface area contributed by atoms with Crippen LogP contribution >= 0.6 is 11.3 Å². The number of benzene rings is 1. The molecule has 0 saturated heterocycles. The van der Waals surface area contributed by atoms with E-state index in [1.807, 2.05) is 20.8 Å². The van der Waals surface area contributed by atoms with Crippen LogP contribution in [0.1, 0.15) is 84.4 Å². The molecule has 0 unspecified atom stereocenters. The van der Waals surface area contributed by atoms with Crippen LogP contribution in [-0.2, 0) is 9.47 Å². The van der Waals surface area contributed by atoms with E-state index in [1.165, 1.54) is 0 Å². The summed E-state index contributed by atoms with van der Waals surface area (Å²) in [5, 5.41) is 2.94. The third-order valence-electron chi connectivity index (χ3n) is 4.61. The molecule has 1 N–H and O–H groups in total. The normalized spacial score (nSPS) is 11.0. The van der Waals surface area contributed by atoms with Gasteiger partial charge in [0.1, 0.15) is 15.5 Å². The lowest BCUT2D eigenvalue weighted by Gasteiger charge is -2.19. The van der Waals surface area contributed by atoms with Gasteiger partial charge in [0.05, 0.1) is 32.0 Å². The fraction of sp³-hybridized carbons (Fsp3) is 0.500. The first-order valence-electron chi connectivity index (χ1n) is 11.9. The Morgan fingerprint density at radius 2 is 1.42 bits per heavy atom. The van der Waals surface area contributed by atoms with Crippen molar-refractivity contribution in [2.24, 2.45) is 0 Å². The van der Waals surface area contributed by atoms with Crippen LogP contribution < -0.4 is 19.5 Å². The average molecular weight is 522 g/mol. The van der Waals surface area contributed by atoms with Crippen molar-refractivity contribution in [2.45, 2.75) is 61.0 Å². The number of carbonyl (C=O) groups excluding carboxylic acids is 3. The molecule has 1 amide bonds.